The Kier molecular flexibility index (Phi) is 3.31. The molecule has 1 aliphatic rings. The highest BCUT2D eigenvalue weighted by atomic mass is 16.4. The number of anilines is 1. The van der Waals surface area contributed by atoms with Crippen LogP contribution in [0.5, 0.6) is 0 Å². The molecule has 20 heavy (non-hydrogen) atoms. The van der Waals surface area contributed by atoms with Gasteiger partial charge in [0, 0.05) is 12.5 Å². The Balaban J connectivity index is 2.03. The second-order valence-electron chi connectivity index (χ2n) is 5.20. The summed E-state index contributed by atoms with van der Waals surface area (Å²) in [5.41, 5.74) is 6.62. The molecule has 0 bridgehead atoms. The van der Waals surface area contributed by atoms with E-state index in [9.17, 15) is 9.90 Å². The van der Waals surface area contributed by atoms with Gasteiger partial charge in [0.05, 0.1) is 5.52 Å². The quantitative estimate of drug-likeness (QED) is 0.784. The van der Waals surface area contributed by atoms with E-state index in [0.717, 1.165) is 18.8 Å². The van der Waals surface area contributed by atoms with E-state index in [-0.39, 0.29) is 5.69 Å². The molecule has 3 rings (SSSR count). The standard InChI is InChI=1S/C14H18N4O2/c15-11-6-3-5-10-13(14(19)20)17-12(18(10)11)8-9-4-1-2-7-16-9/h3,5-6,9,16H,1-2,4,7-8,15H2,(H,19,20). The lowest BCUT2D eigenvalue weighted by atomic mass is 10.0. The minimum Gasteiger partial charge on any atom is -0.476 e. The summed E-state index contributed by atoms with van der Waals surface area (Å²) in [4.78, 5) is 15.6. The molecule has 2 aromatic rings. The van der Waals surface area contributed by atoms with E-state index in [4.69, 9.17) is 5.73 Å². The molecule has 1 unspecified atom stereocenters. The van der Waals surface area contributed by atoms with Gasteiger partial charge in [-0.3, -0.25) is 4.40 Å². The predicted molar refractivity (Wildman–Crippen MR) is 75.9 cm³/mol. The van der Waals surface area contributed by atoms with Crippen molar-refractivity contribution in [3.63, 3.8) is 0 Å². The molecule has 0 spiro atoms. The predicted octanol–water partition coefficient (Wildman–Crippen LogP) is 1.30. The Hall–Kier alpha value is -2.08. The van der Waals surface area contributed by atoms with Crippen LogP contribution in [-0.4, -0.2) is 33.0 Å². The van der Waals surface area contributed by atoms with Crippen LogP contribution in [0.25, 0.3) is 5.52 Å². The van der Waals surface area contributed by atoms with Gasteiger partial charge in [-0.15, -0.1) is 0 Å². The van der Waals surface area contributed by atoms with Crippen LogP contribution >= 0.6 is 0 Å². The molecule has 0 aliphatic carbocycles. The maximum absolute atomic E-state index is 11.3. The van der Waals surface area contributed by atoms with Gasteiger partial charge in [-0.25, -0.2) is 9.78 Å². The van der Waals surface area contributed by atoms with Crippen molar-refractivity contribution >= 4 is 17.3 Å². The van der Waals surface area contributed by atoms with Gasteiger partial charge in [-0.05, 0) is 31.5 Å². The van der Waals surface area contributed by atoms with Gasteiger partial charge in [0.25, 0.3) is 0 Å². The molecular formula is C14H18N4O2. The van der Waals surface area contributed by atoms with Crippen molar-refractivity contribution in [2.24, 2.45) is 0 Å². The number of carboxylic acid groups (broad SMARTS) is 1. The fourth-order valence-electron chi connectivity index (χ4n) is 2.85. The average Bonchev–Trinajstić information content (AvgIpc) is 2.80. The van der Waals surface area contributed by atoms with Crippen LogP contribution in [0.2, 0.25) is 0 Å². The Bertz CT molecular complexity index is 644. The minimum atomic E-state index is -1.02. The van der Waals surface area contributed by atoms with Crippen LogP contribution in [0.15, 0.2) is 18.2 Å². The third kappa shape index (κ3) is 2.22. The Morgan fingerprint density at radius 2 is 2.35 bits per heavy atom. The van der Waals surface area contributed by atoms with Gasteiger partial charge < -0.3 is 16.2 Å². The number of hydrogen-bond donors (Lipinski definition) is 3. The van der Waals surface area contributed by atoms with E-state index >= 15 is 0 Å². The highest BCUT2D eigenvalue weighted by Crippen LogP contribution is 2.20. The number of aromatic carboxylic acids is 1. The zero-order valence-corrected chi connectivity index (χ0v) is 11.2. The van der Waals surface area contributed by atoms with Gasteiger partial charge in [0.2, 0.25) is 0 Å². The monoisotopic (exact) mass is 274 g/mol. The van der Waals surface area contributed by atoms with Gasteiger partial charge >= 0.3 is 5.97 Å². The first-order valence-electron chi connectivity index (χ1n) is 6.89. The zero-order chi connectivity index (χ0) is 14.1. The van der Waals surface area contributed by atoms with Gasteiger partial charge in [-0.2, -0.15) is 0 Å². The van der Waals surface area contributed by atoms with E-state index in [1.54, 1.807) is 22.6 Å². The van der Waals surface area contributed by atoms with Crippen LogP contribution in [0.4, 0.5) is 5.82 Å². The molecule has 1 saturated heterocycles. The topological polar surface area (TPSA) is 92.7 Å². The molecule has 2 aromatic heterocycles. The Morgan fingerprint density at radius 1 is 1.50 bits per heavy atom. The lowest BCUT2D eigenvalue weighted by Crippen LogP contribution is -2.36. The average molecular weight is 274 g/mol. The normalized spacial score (nSPS) is 19.3. The maximum Gasteiger partial charge on any atom is 0.356 e. The van der Waals surface area contributed by atoms with Crippen molar-refractivity contribution in [2.75, 3.05) is 12.3 Å². The summed E-state index contributed by atoms with van der Waals surface area (Å²) >= 11 is 0. The number of nitrogen functional groups attached to an aromatic ring is 1. The molecule has 6 nitrogen and oxygen atoms in total. The second kappa shape index (κ2) is 5.13. The maximum atomic E-state index is 11.3. The molecule has 106 valence electrons. The van der Waals surface area contributed by atoms with Crippen molar-refractivity contribution in [3.8, 4) is 0 Å². The molecule has 1 atom stereocenters. The van der Waals surface area contributed by atoms with Crippen molar-refractivity contribution < 1.29 is 9.90 Å². The number of nitrogens with two attached hydrogens (primary N) is 1. The molecule has 1 fully saturated rings. The summed E-state index contributed by atoms with van der Waals surface area (Å²) in [7, 11) is 0. The summed E-state index contributed by atoms with van der Waals surface area (Å²) in [5.74, 6) is 0.221. The summed E-state index contributed by atoms with van der Waals surface area (Å²) in [6, 6.07) is 5.60. The molecule has 0 amide bonds. The molecular weight excluding hydrogens is 256 g/mol. The van der Waals surface area contributed by atoms with Crippen LogP contribution in [0, 0.1) is 0 Å². The zero-order valence-electron chi connectivity index (χ0n) is 11.2. The van der Waals surface area contributed by atoms with E-state index in [0.29, 0.717) is 23.8 Å². The van der Waals surface area contributed by atoms with Crippen molar-refractivity contribution in [3.05, 3.63) is 29.7 Å². The number of nitrogens with zero attached hydrogens (tertiary/aromatic N) is 2. The fraction of sp³-hybridized carbons (Fsp3) is 0.429. The molecule has 0 radical (unpaired) electrons. The Labute approximate surface area is 116 Å². The van der Waals surface area contributed by atoms with Gasteiger partial charge in [0.15, 0.2) is 5.69 Å². The minimum absolute atomic E-state index is 0.0723. The number of piperidine rings is 1. The number of fused-ring (bicyclic) bond motifs is 1. The van der Waals surface area contributed by atoms with Crippen LogP contribution in [-0.2, 0) is 6.42 Å². The highest BCUT2D eigenvalue weighted by Gasteiger charge is 2.21. The summed E-state index contributed by atoms with van der Waals surface area (Å²) in [5, 5.41) is 12.7. The third-order valence-electron chi connectivity index (χ3n) is 3.81. The molecule has 0 saturated carbocycles. The SMILES string of the molecule is Nc1cccc2c(C(=O)O)nc(CC3CCCCN3)n12. The van der Waals surface area contributed by atoms with E-state index < -0.39 is 5.97 Å². The number of nitrogens with one attached hydrogen (secondary N) is 1. The summed E-state index contributed by atoms with van der Waals surface area (Å²) in [6.45, 7) is 1.01. The van der Waals surface area contributed by atoms with Gasteiger partial charge in [-0.1, -0.05) is 12.5 Å². The molecule has 3 heterocycles. The molecule has 6 heteroatoms. The first-order chi connectivity index (χ1) is 9.66. The number of rotatable bonds is 3. The van der Waals surface area contributed by atoms with Crippen molar-refractivity contribution in [1.82, 2.24) is 14.7 Å². The first-order valence-corrected chi connectivity index (χ1v) is 6.89. The first kappa shape index (κ1) is 12.9. The van der Waals surface area contributed by atoms with Crippen molar-refractivity contribution in [2.45, 2.75) is 31.7 Å². The third-order valence-corrected chi connectivity index (χ3v) is 3.81. The summed E-state index contributed by atoms with van der Waals surface area (Å²) in [6.07, 6.45) is 4.18. The number of hydrogen-bond acceptors (Lipinski definition) is 4. The van der Waals surface area contributed by atoms with Gasteiger partial charge in [0.1, 0.15) is 11.6 Å². The largest absolute Gasteiger partial charge is 0.476 e. The summed E-state index contributed by atoms with van der Waals surface area (Å²) < 4.78 is 1.75. The number of carbonyl (C=O) groups is 1. The number of pyridine rings is 1. The van der Waals surface area contributed by atoms with Crippen LogP contribution in [0.1, 0.15) is 35.6 Å². The Morgan fingerprint density at radius 3 is 3.05 bits per heavy atom. The number of imidazole rings is 1. The van der Waals surface area contributed by atoms with E-state index in [1.807, 2.05) is 0 Å². The second-order valence-corrected chi connectivity index (χ2v) is 5.20. The van der Waals surface area contributed by atoms with Crippen LogP contribution < -0.4 is 11.1 Å². The number of aromatic nitrogens is 2. The smallest absolute Gasteiger partial charge is 0.356 e. The molecule has 1 aliphatic heterocycles. The lowest BCUT2D eigenvalue weighted by molar-refractivity contribution is 0.0693. The van der Waals surface area contributed by atoms with Crippen molar-refractivity contribution in [1.29, 1.82) is 0 Å². The van der Waals surface area contributed by atoms with Crippen LogP contribution in [0.3, 0.4) is 0 Å². The lowest BCUT2D eigenvalue weighted by Gasteiger charge is -2.22. The number of carboxylic acids is 1. The highest BCUT2D eigenvalue weighted by molar-refractivity contribution is 5.94. The van der Waals surface area contributed by atoms with E-state index in [2.05, 4.69) is 10.3 Å². The van der Waals surface area contributed by atoms with E-state index in [1.165, 1.54) is 12.8 Å². The molecule has 4 N–H and O–H groups in total. The fourth-order valence-corrected chi connectivity index (χ4v) is 2.85. The molecule has 0 aromatic carbocycles.